The zero-order valence-corrected chi connectivity index (χ0v) is 15.8. The molecule has 0 spiro atoms. The van der Waals surface area contributed by atoms with Crippen LogP contribution in [0, 0.1) is 20.8 Å². The highest BCUT2D eigenvalue weighted by Crippen LogP contribution is 2.27. The Morgan fingerprint density at radius 3 is 2.41 bits per heavy atom. The van der Waals surface area contributed by atoms with Crippen LogP contribution >= 0.6 is 0 Å². The molecule has 0 aliphatic carbocycles. The molecule has 0 aliphatic heterocycles. The number of carbonyl (C=O) groups excluding carboxylic acids is 1. The predicted molar refractivity (Wildman–Crippen MR) is 107 cm³/mol. The van der Waals surface area contributed by atoms with E-state index in [2.05, 4.69) is 20.8 Å². The molecule has 0 unspecified atom stereocenters. The van der Waals surface area contributed by atoms with E-state index in [0.717, 1.165) is 22.5 Å². The van der Waals surface area contributed by atoms with Crippen molar-refractivity contribution in [2.75, 3.05) is 17.7 Å². The fourth-order valence-electron chi connectivity index (χ4n) is 2.59. The molecule has 27 heavy (non-hydrogen) atoms. The second kappa shape index (κ2) is 7.86. The number of hydrogen-bond acceptors (Lipinski definition) is 5. The molecule has 3 rings (SSSR count). The van der Waals surface area contributed by atoms with Gasteiger partial charge in [0.05, 0.1) is 12.8 Å². The van der Waals surface area contributed by atoms with Gasteiger partial charge in [-0.3, -0.25) is 4.79 Å². The van der Waals surface area contributed by atoms with Gasteiger partial charge in [0, 0.05) is 5.69 Å². The van der Waals surface area contributed by atoms with Crippen molar-refractivity contribution >= 4 is 23.1 Å². The first-order chi connectivity index (χ1) is 13.0. The molecule has 1 aromatic heterocycles. The van der Waals surface area contributed by atoms with E-state index in [1.165, 1.54) is 5.56 Å². The fourth-order valence-corrected chi connectivity index (χ4v) is 2.59. The van der Waals surface area contributed by atoms with E-state index in [-0.39, 0.29) is 11.6 Å². The number of anilines is 3. The van der Waals surface area contributed by atoms with Crippen molar-refractivity contribution in [3.8, 4) is 5.75 Å². The zero-order chi connectivity index (χ0) is 19.4. The highest BCUT2D eigenvalue weighted by atomic mass is 16.5. The van der Waals surface area contributed by atoms with Crippen LogP contribution in [-0.2, 0) is 0 Å². The summed E-state index contributed by atoms with van der Waals surface area (Å²) in [6.45, 7) is 6.03. The quantitative estimate of drug-likeness (QED) is 0.703. The van der Waals surface area contributed by atoms with Crippen LogP contribution in [0.3, 0.4) is 0 Å². The first-order valence-corrected chi connectivity index (χ1v) is 8.60. The molecule has 138 valence electrons. The summed E-state index contributed by atoms with van der Waals surface area (Å²) in [5.41, 5.74) is 5.15. The molecule has 6 nitrogen and oxygen atoms in total. The fraction of sp³-hybridized carbons (Fsp3) is 0.190. The van der Waals surface area contributed by atoms with Gasteiger partial charge >= 0.3 is 0 Å². The van der Waals surface area contributed by atoms with Gasteiger partial charge in [0.15, 0.2) is 11.5 Å². The lowest BCUT2D eigenvalue weighted by atomic mass is 10.1. The van der Waals surface area contributed by atoms with Crippen molar-refractivity contribution in [2.24, 2.45) is 0 Å². The summed E-state index contributed by atoms with van der Waals surface area (Å²) in [5.74, 6) is 0.936. The maximum atomic E-state index is 12.4. The summed E-state index contributed by atoms with van der Waals surface area (Å²) in [6, 6.07) is 14.9. The maximum Gasteiger partial charge on any atom is 0.276 e. The largest absolute Gasteiger partial charge is 0.495 e. The van der Waals surface area contributed by atoms with Crippen molar-refractivity contribution in [1.82, 2.24) is 10.2 Å². The molecule has 0 atom stereocenters. The minimum atomic E-state index is -0.301. The summed E-state index contributed by atoms with van der Waals surface area (Å²) >= 11 is 0. The number of aromatic nitrogens is 2. The lowest BCUT2D eigenvalue weighted by Gasteiger charge is -2.11. The van der Waals surface area contributed by atoms with Crippen LogP contribution in [0.25, 0.3) is 0 Å². The molecule has 3 aromatic rings. The van der Waals surface area contributed by atoms with Crippen LogP contribution in [0.4, 0.5) is 17.2 Å². The second-order valence-electron chi connectivity index (χ2n) is 6.39. The number of aryl methyl sites for hydroxylation is 3. The molecule has 0 saturated carbocycles. The Hall–Kier alpha value is -3.41. The van der Waals surface area contributed by atoms with Gasteiger partial charge in [-0.05, 0) is 73.9 Å². The summed E-state index contributed by atoms with van der Waals surface area (Å²) < 4.78 is 5.34. The van der Waals surface area contributed by atoms with Crippen LogP contribution in [0.5, 0.6) is 5.75 Å². The van der Waals surface area contributed by atoms with Crippen molar-refractivity contribution in [3.63, 3.8) is 0 Å². The minimum Gasteiger partial charge on any atom is -0.495 e. The van der Waals surface area contributed by atoms with Crippen molar-refractivity contribution in [1.29, 1.82) is 0 Å². The molecule has 0 bridgehead atoms. The number of rotatable bonds is 5. The molecule has 2 N–H and O–H groups in total. The van der Waals surface area contributed by atoms with E-state index in [4.69, 9.17) is 4.74 Å². The Morgan fingerprint density at radius 2 is 1.74 bits per heavy atom. The summed E-state index contributed by atoms with van der Waals surface area (Å²) in [4.78, 5) is 12.4. The SMILES string of the molecule is COc1ccc(C)cc1Nc1ccc(C(=O)Nc2ccc(C)c(C)c2)nn1. The third-order valence-electron chi connectivity index (χ3n) is 4.28. The van der Waals surface area contributed by atoms with Crippen LogP contribution < -0.4 is 15.4 Å². The van der Waals surface area contributed by atoms with E-state index in [1.54, 1.807) is 19.2 Å². The van der Waals surface area contributed by atoms with Crippen molar-refractivity contribution in [2.45, 2.75) is 20.8 Å². The first-order valence-electron chi connectivity index (χ1n) is 8.60. The Kier molecular flexibility index (Phi) is 5.35. The number of ether oxygens (including phenoxy) is 1. The molecule has 0 saturated heterocycles. The smallest absolute Gasteiger partial charge is 0.276 e. The number of nitrogens with one attached hydrogen (secondary N) is 2. The van der Waals surface area contributed by atoms with Gasteiger partial charge in [0.25, 0.3) is 5.91 Å². The normalized spacial score (nSPS) is 10.4. The molecular weight excluding hydrogens is 340 g/mol. The molecule has 0 fully saturated rings. The molecule has 2 aromatic carbocycles. The number of nitrogens with zero attached hydrogens (tertiary/aromatic N) is 2. The average molecular weight is 362 g/mol. The molecule has 0 aliphatic rings. The van der Waals surface area contributed by atoms with Crippen LogP contribution in [0.2, 0.25) is 0 Å². The van der Waals surface area contributed by atoms with Gasteiger partial charge in [0.1, 0.15) is 5.75 Å². The van der Waals surface area contributed by atoms with Gasteiger partial charge in [0.2, 0.25) is 0 Å². The van der Waals surface area contributed by atoms with Crippen LogP contribution in [0.1, 0.15) is 27.2 Å². The zero-order valence-electron chi connectivity index (χ0n) is 15.8. The molecule has 6 heteroatoms. The number of amides is 1. The number of carbonyl (C=O) groups is 1. The molecular formula is C21H22N4O2. The Balaban J connectivity index is 1.72. The van der Waals surface area contributed by atoms with Crippen LogP contribution in [-0.4, -0.2) is 23.2 Å². The number of benzene rings is 2. The highest BCUT2D eigenvalue weighted by Gasteiger charge is 2.10. The standard InChI is InChI=1S/C21H22N4O2/c1-13-5-9-19(27-4)18(11-13)23-20-10-8-17(24-25-20)21(26)22-16-7-6-14(2)15(3)12-16/h5-12H,1-4H3,(H,22,26)(H,23,25). The van der Waals surface area contributed by atoms with Gasteiger partial charge in [-0.2, -0.15) is 0 Å². The van der Waals surface area contributed by atoms with E-state index < -0.39 is 0 Å². The third kappa shape index (κ3) is 4.41. The van der Waals surface area contributed by atoms with Gasteiger partial charge in [-0.15, -0.1) is 10.2 Å². The van der Waals surface area contributed by atoms with Crippen LogP contribution in [0.15, 0.2) is 48.5 Å². The minimum absolute atomic E-state index is 0.245. The summed E-state index contributed by atoms with van der Waals surface area (Å²) in [5, 5.41) is 14.1. The van der Waals surface area contributed by atoms with E-state index in [9.17, 15) is 4.79 Å². The number of methoxy groups -OCH3 is 1. The monoisotopic (exact) mass is 362 g/mol. The first kappa shape index (κ1) is 18.4. The van der Waals surface area contributed by atoms with Gasteiger partial charge in [-0.25, -0.2) is 0 Å². The average Bonchev–Trinajstić information content (AvgIpc) is 2.65. The van der Waals surface area contributed by atoms with Crippen molar-refractivity contribution < 1.29 is 9.53 Å². The second-order valence-corrected chi connectivity index (χ2v) is 6.39. The summed E-state index contributed by atoms with van der Waals surface area (Å²) in [7, 11) is 1.61. The van der Waals surface area contributed by atoms with Gasteiger partial charge < -0.3 is 15.4 Å². The number of hydrogen-bond donors (Lipinski definition) is 2. The highest BCUT2D eigenvalue weighted by molar-refractivity contribution is 6.02. The van der Waals surface area contributed by atoms with E-state index in [1.807, 2.05) is 57.2 Å². The lowest BCUT2D eigenvalue weighted by Crippen LogP contribution is -2.14. The molecule has 1 amide bonds. The Labute approximate surface area is 158 Å². The van der Waals surface area contributed by atoms with E-state index in [0.29, 0.717) is 11.6 Å². The lowest BCUT2D eigenvalue weighted by molar-refractivity contribution is 0.102. The molecule has 0 radical (unpaired) electrons. The summed E-state index contributed by atoms with van der Waals surface area (Å²) in [6.07, 6.45) is 0. The van der Waals surface area contributed by atoms with E-state index >= 15 is 0 Å². The Bertz CT molecular complexity index is 968. The third-order valence-corrected chi connectivity index (χ3v) is 4.28. The van der Waals surface area contributed by atoms with Crippen molar-refractivity contribution in [3.05, 3.63) is 70.9 Å². The molecule has 1 heterocycles. The maximum absolute atomic E-state index is 12.4. The Morgan fingerprint density at radius 1 is 0.926 bits per heavy atom. The predicted octanol–water partition coefficient (Wildman–Crippen LogP) is 4.41. The van der Waals surface area contributed by atoms with Gasteiger partial charge in [-0.1, -0.05) is 12.1 Å². The topological polar surface area (TPSA) is 76.1 Å².